The van der Waals surface area contributed by atoms with E-state index in [1.54, 1.807) is 25.1 Å². The van der Waals surface area contributed by atoms with E-state index in [4.69, 9.17) is 9.47 Å². The number of benzene rings is 5. The number of anilines is 2. The van der Waals surface area contributed by atoms with Gasteiger partial charge in [0.15, 0.2) is 22.3 Å². The monoisotopic (exact) mass is 652 g/mol. The zero-order valence-electron chi connectivity index (χ0n) is 27.2. The first-order valence-electron chi connectivity index (χ1n) is 15.6. The molecule has 5 aromatic carbocycles. The highest BCUT2D eigenvalue weighted by Crippen LogP contribution is 2.39. The van der Waals surface area contributed by atoms with Gasteiger partial charge in [0.1, 0.15) is 22.5 Å². The Morgan fingerprint density at radius 1 is 0.830 bits per heavy atom. The summed E-state index contributed by atoms with van der Waals surface area (Å²) in [5.41, 5.74) is 3.12. The number of fused-ring (bicyclic) bond motifs is 1. The highest BCUT2D eigenvalue weighted by Gasteiger charge is 2.33. The van der Waals surface area contributed by atoms with Gasteiger partial charge in [0.2, 0.25) is 5.91 Å². The van der Waals surface area contributed by atoms with Gasteiger partial charge < -0.3 is 25.2 Å². The highest BCUT2D eigenvalue weighted by molar-refractivity contribution is 7.92. The zero-order chi connectivity index (χ0) is 33.7. The second-order valence-corrected chi connectivity index (χ2v) is 14.0. The fourth-order valence-corrected chi connectivity index (χ4v) is 7.28. The van der Waals surface area contributed by atoms with E-state index in [2.05, 4.69) is 24.5 Å². The van der Waals surface area contributed by atoms with Crippen molar-refractivity contribution in [3.05, 3.63) is 114 Å². The van der Waals surface area contributed by atoms with Gasteiger partial charge in [0.25, 0.3) is 0 Å². The third-order valence-electron chi connectivity index (χ3n) is 7.93. The van der Waals surface area contributed by atoms with Crippen molar-refractivity contribution in [3.8, 4) is 23.0 Å². The van der Waals surface area contributed by atoms with E-state index in [1.807, 2.05) is 86.6 Å². The number of phenolic OH excluding ortho intramolecular Hbond substituents is 1. The molecular formula is C38H40N2O6S. The predicted molar refractivity (Wildman–Crippen MR) is 188 cm³/mol. The van der Waals surface area contributed by atoms with Crippen LogP contribution in [0.3, 0.4) is 0 Å². The van der Waals surface area contributed by atoms with Crippen LogP contribution < -0.4 is 20.1 Å². The molecule has 244 valence electrons. The van der Waals surface area contributed by atoms with Crippen molar-refractivity contribution in [3.63, 3.8) is 0 Å². The molecule has 9 heteroatoms. The Balaban J connectivity index is 1.43. The first-order valence-corrected chi connectivity index (χ1v) is 17.1. The molecule has 1 amide bonds. The maximum absolute atomic E-state index is 13.6. The van der Waals surface area contributed by atoms with Crippen LogP contribution >= 0.6 is 0 Å². The number of rotatable bonds is 12. The van der Waals surface area contributed by atoms with Gasteiger partial charge in [-0.25, -0.2) is 8.42 Å². The lowest BCUT2D eigenvalue weighted by Gasteiger charge is -2.20. The molecule has 0 radical (unpaired) electrons. The molecule has 5 aromatic rings. The SMILES string of the molecule is CCC(C(=O)Nc1cc(O)c(NCOc2cccc3ccccc23)cc1Oc1ccc(C(C)C)cc1)S(=O)(=O)c1cc(C)cc(C)c1. The first-order chi connectivity index (χ1) is 22.5. The standard InChI is InChI=1S/C38H40N2O6S/c1-6-37(47(43,44)30-19-25(4)18-26(5)20-30)38(42)40-33-21-34(41)32(22-36(33)46-29-16-14-27(15-17-29)24(2)3)39-23-45-35-13-9-11-28-10-7-8-12-31(28)35/h7-22,24,37,39,41H,6,23H2,1-5H3,(H,40,42). The number of nitrogens with one attached hydrogen (secondary N) is 2. The Morgan fingerprint density at radius 3 is 2.19 bits per heavy atom. The number of ether oxygens (including phenoxy) is 2. The van der Waals surface area contributed by atoms with Crippen LogP contribution in [0.1, 0.15) is 49.8 Å². The molecule has 8 nitrogen and oxygen atoms in total. The molecule has 5 rings (SSSR count). The van der Waals surface area contributed by atoms with Crippen LogP contribution in [0, 0.1) is 13.8 Å². The van der Waals surface area contributed by atoms with Crippen molar-refractivity contribution in [2.75, 3.05) is 17.4 Å². The van der Waals surface area contributed by atoms with Crippen LogP contribution in [0.4, 0.5) is 11.4 Å². The minimum Gasteiger partial charge on any atom is -0.506 e. The van der Waals surface area contributed by atoms with Gasteiger partial charge in [-0.1, -0.05) is 75.4 Å². The Bertz CT molecular complexity index is 1980. The molecule has 0 aliphatic rings. The van der Waals surface area contributed by atoms with Gasteiger partial charge in [-0.15, -0.1) is 0 Å². The summed E-state index contributed by atoms with van der Waals surface area (Å²) in [6, 6.07) is 29.1. The molecule has 47 heavy (non-hydrogen) atoms. The van der Waals surface area contributed by atoms with E-state index < -0.39 is 21.0 Å². The molecule has 3 N–H and O–H groups in total. The Kier molecular flexibility index (Phi) is 10.1. The van der Waals surface area contributed by atoms with Crippen molar-refractivity contribution in [1.29, 1.82) is 0 Å². The normalized spacial score (nSPS) is 12.1. The average Bonchev–Trinajstić information content (AvgIpc) is 3.03. The number of hydrogen-bond acceptors (Lipinski definition) is 7. The van der Waals surface area contributed by atoms with Crippen LogP contribution in [0.15, 0.2) is 102 Å². The molecule has 1 atom stereocenters. The number of hydrogen-bond donors (Lipinski definition) is 3. The smallest absolute Gasteiger partial charge is 0.243 e. The molecule has 0 heterocycles. The maximum atomic E-state index is 13.6. The third-order valence-corrected chi connectivity index (χ3v) is 10.1. The molecule has 0 bridgehead atoms. The molecule has 0 aliphatic heterocycles. The van der Waals surface area contributed by atoms with Crippen LogP contribution in [-0.2, 0) is 14.6 Å². The molecule has 0 fully saturated rings. The largest absolute Gasteiger partial charge is 0.506 e. The summed E-state index contributed by atoms with van der Waals surface area (Å²) < 4.78 is 39.5. The number of aromatic hydroxyl groups is 1. The fourth-order valence-electron chi connectivity index (χ4n) is 5.47. The topological polar surface area (TPSA) is 114 Å². The van der Waals surface area contributed by atoms with Crippen molar-refractivity contribution < 1.29 is 27.8 Å². The summed E-state index contributed by atoms with van der Waals surface area (Å²) >= 11 is 0. The van der Waals surface area contributed by atoms with Crippen LogP contribution in [0.2, 0.25) is 0 Å². The van der Waals surface area contributed by atoms with Gasteiger partial charge in [-0.3, -0.25) is 4.79 Å². The predicted octanol–water partition coefficient (Wildman–Crippen LogP) is 8.72. The van der Waals surface area contributed by atoms with Gasteiger partial charge in [-0.05, 0) is 78.6 Å². The summed E-state index contributed by atoms with van der Waals surface area (Å²) in [6.45, 7) is 9.50. The van der Waals surface area contributed by atoms with Gasteiger partial charge in [0.05, 0.1) is 16.3 Å². The quantitative estimate of drug-likeness (QED) is 0.0912. The minimum absolute atomic E-state index is 0.0296. The van der Waals surface area contributed by atoms with Crippen LogP contribution in [-0.4, -0.2) is 31.4 Å². The molecule has 0 aliphatic carbocycles. The summed E-state index contributed by atoms with van der Waals surface area (Å²) in [7, 11) is -4.02. The summed E-state index contributed by atoms with van der Waals surface area (Å²) in [4.78, 5) is 13.7. The molecule has 0 saturated heterocycles. The van der Waals surface area contributed by atoms with Gasteiger partial charge in [-0.2, -0.15) is 0 Å². The Labute approximate surface area is 276 Å². The second kappa shape index (κ2) is 14.2. The van der Waals surface area contributed by atoms with Crippen LogP contribution in [0.5, 0.6) is 23.0 Å². The lowest BCUT2D eigenvalue weighted by Crippen LogP contribution is -2.35. The van der Waals surface area contributed by atoms with Gasteiger partial charge in [0, 0.05) is 17.5 Å². The number of carbonyl (C=O) groups is 1. The lowest BCUT2D eigenvalue weighted by atomic mass is 10.0. The highest BCUT2D eigenvalue weighted by atomic mass is 32.2. The number of carbonyl (C=O) groups excluding carboxylic acids is 1. The second-order valence-electron chi connectivity index (χ2n) is 11.9. The number of sulfone groups is 1. The molecule has 0 aromatic heterocycles. The third kappa shape index (κ3) is 7.69. The molecule has 0 spiro atoms. The average molecular weight is 653 g/mol. The number of amides is 1. The summed E-state index contributed by atoms with van der Waals surface area (Å²) in [5, 5.41) is 17.5. The van der Waals surface area contributed by atoms with E-state index >= 15 is 0 Å². The fraction of sp³-hybridized carbons (Fsp3) is 0.237. The van der Waals surface area contributed by atoms with E-state index in [9.17, 15) is 18.3 Å². The van der Waals surface area contributed by atoms with E-state index in [0.717, 1.165) is 27.5 Å². The number of aryl methyl sites for hydroxylation is 2. The molecular weight excluding hydrogens is 612 g/mol. The lowest BCUT2D eigenvalue weighted by molar-refractivity contribution is -0.115. The summed E-state index contributed by atoms with van der Waals surface area (Å²) in [5.74, 6) is 0.801. The number of phenols is 1. The molecule has 0 saturated carbocycles. The van der Waals surface area contributed by atoms with Gasteiger partial charge >= 0.3 is 0 Å². The van der Waals surface area contributed by atoms with Crippen molar-refractivity contribution in [2.45, 2.75) is 57.1 Å². The van der Waals surface area contributed by atoms with E-state index in [1.165, 1.54) is 6.07 Å². The minimum atomic E-state index is -4.02. The Morgan fingerprint density at radius 2 is 1.51 bits per heavy atom. The van der Waals surface area contributed by atoms with Crippen molar-refractivity contribution >= 4 is 37.9 Å². The van der Waals surface area contributed by atoms with Crippen LogP contribution in [0.25, 0.3) is 10.8 Å². The zero-order valence-corrected chi connectivity index (χ0v) is 28.0. The van der Waals surface area contributed by atoms with E-state index in [0.29, 0.717) is 23.1 Å². The van der Waals surface area contributed by atoms with E-state index in [-0.39, 0.29) is 35.2 Å². The first kappa shape index (κ1) is 33.3. The Hall–Kier alpha value is -5.02. The maximum Gasteiger partial charge on any atom is 0.243 e. The molecule has 1 unspecified atom stereocenters. The van der Waals surface area contributed by atoms with Crippen molar-refractivity contribution in [1.82, 2.24) is 0 Å². The summed E-state index contributed by atoms with van der Waals surface area (Å²) in [6.07, 6.45) is 0.0468. The van der Waals surface area contributed by atoms with Crippen molar-refractivity contribution in [2.24, 2.45) is 0 Å².